The molecule has 3 heteroatoms. The largest absolute Gasteiger partial charge is 0.748 e. The summed E-state index contributed by atoms with van der Waals surface area (Å²) in [6.07, 6.45) is 35.8. The first kappa shape index (κ1) is 44.3. The second kappa shape index (κ2) is 16.6. The van der Waals surface area contributed by atoms with Gasteiger partial charge in [-0.3, -0.25) is 0 Å². The van der Waals surface area contributed by atoms with Crippen molar-refractivity contribution in [1.29, 1.82) is 0 Å². The van der Waals surface area contributed by atoms with Crippen LogP contribution in [0, 0.1) is 94.7 Å². The summed E-state index contributed by atoms with van der Waals surface area (Å²) >= 11 is 0. The van der Waals surface area contributed by atoms with Crippen molar-refractivity contribution in [1.82, 2.24) is 0 Å². The van der Waals surface area contributed by atoms with Gasteiger partial charge in [-0.2, -0.15) is 22.8 Å². The van der Waals surface area contributed by atoms with Crippen molar-refractivity contribution in [2.45, 2.75) is 216 Å². The molecule has 0 unspecified atom stereocenters. The molecule has 63 heavy (non-hydrogen) atoms. The molecule has 2 aromatic rings. The van der Waals surface area contributed by atoms with Crippen molar-refractivity contribution in [2.75, 3.05) is 0 Å². The predicted molar refractivity (Wildman–Crippen MR) is 266 cm³/mol. The Balaban J connectivity index is 0.000000660. The van der Waals surface area contributed by atoms with E-state index in [1.54, 1.807) is 146 Å². The Morgan fingerprint density at radius 2 is 0.667 bits per heavy atom. The molecule has 0 radical (unpaired) electrons. The second-order valence-corrected chi connectivity index (χ2v) is 33.5. The van der Waals surface area contributed by atoms with Crippen LogP contribution in [0.1, 0.15) is 192 Å². The van der Waals surface area contributed by atoms with Gasteiger partial charge in [-0.1, -0.05) is 59.3 Å². The quantitative estimate of drug-likeness (QED) is 0.141. The van der Waals surface area contributed by atoms with Crippen molar-refractivity contribution < 1.29 is 17.1 Å². The standard InChI is InChI=1S/C55H83P2.C5H5.Fe/c1-54(2,3)48-27-46(28-56(50-38-11-30-7-31(13-38)14-39(50)12-30)51-40-15-32-8-33(17-40)18-41(51)16-32)47(49(48)55(4,5)6)29-57(52-42-19-34-9-35(21-42)22-43(52)20-34)53-44-23-36-10-37(25-44)26-45(53)24-36;1-2-4-5-3-1;/h27,30-45,50-53H,7-26,28-29H2,1-6H3;1-5H;/q-1;-5;. The van der Waals surface area contributed by atoms with Gasteiger partial charge in [0.1, 0.15) is 0 Å². The molecular weight excluding hydrogens is 838 g/mol. The van der Waals surface area contributed by atoms with Crippen LogP contribution in [0.25, 0.3) is 0 Å². The van der Waals surface area contributed by atoms with Crippen LogP contribution in [0.5, 0.6) is 0 Å². The fourth-order valence-corrected chi connectivity index (χ4v) is 31.0. The molecule has 0 spiro atoms. The van der Waals surface area contributed by atoms with Gasteiger partial charge in [-0.15, -0.1) is 21.4 Å². The number of hydrogen-bond donors (Lipinski definition) is 0. The van der Waals surface area contributed by atoms with Crippen molar-refractivity contribution in [3.8, 4) is 0 Å². The van der Waals surface area contributed by atoms with Gasteiger partial charge in [0.05, 0.1) is 0 Å². The molecule has 0 N–H and O–H groups in total. The summed E-state index contributed by atoms with van der Waals surface area (Å²) in [4.78, 5) is 0. The molecule has 16 bridgehead atoms. The molecule has 2 aromatic carbocycles. The van der Waals surface area contributed by atoms with Crippen molar-refractivity contribution in [3.63, 3.8) is 0 Å². The van der Waals surface area contributed by atoms with Crippen molar-refractivity contribution in [3.05, 3.63) is 58.7 Å². The van der Waals surface area contributed by atoms with Crippen LogP contribution in [0.4, 0.5) is 0 Å². The van der Waals surface area contributed by atoms with Crippen molar-refractivity contribution >= 4 is 15.8 Å². The van der Waals surface area contributed by atoms with E-state index in [0.717, 1.165) is 117 Å². The Morgan fingerprint density at radius 1 is 0.413 bits per heavy atom. The van der Waals surface area contributed by atoms with Crippen LogP contribution < -0.4 is 0 Å². The van der Waals surface area contributed by atoms with Crippen LogP contribution in [0.2, 0.25) is 0 Å². The third kappa shape index (κ3) is 7.84. The summed E-state index contributed by atoms with van der Waals surface area (Å²) in [5.41, 5.74) is 12.6. The van der Waals surface area contributed by atoms with Crippen LogP contribution >= 0.6 is 15.8 Å². The molecule has 0 aliphatic heterocycles. The predicted octanol–water partition coefficient (Wildman–Crippen LogP) is 16.7. The van der Waals surface area contributed by atoms with E-state index in [0.29, 0.717) is 0 Å². The van der Waals surface area contributed by atoms with Crippen LogP contribution in [-0.4, -0.2) is 22.6 Å². The third-order valence-corrected chi connectivity index (χ3v) is 30.1. The number of rotatable bonds is 8. The topological polar surface area (TPSA) is 0 Å². The Morgan fingerprint density at radius 3 is 0.905 bits per heavy atom. The van der Waals surface area contributed by atoms with Gasteiger partial charge in [0.25, 0.3) is 0 Å². The SMILES string of the molecule is CC(C)(C)c1c(CP(C2C3CC4CC(C3)CC2C4)C2C3CC4CC(C3)CC2C4)c(CP(C2C3CC4CC(C3)CC2C4)C2C3CC4CC(C3)CC2C4)c[c-]1C(C)(C)C.[Fe].[cH-]1[cH-][cH-][cH-][cH-]1. The van der Waals surface area contributed by atoms with E-state index in [-0.39, 0.29) is 43.7 Å². The monoisotopic (exact) mass is 927 g/mol. The normalized spacial score (nSPS) is 47.7. The molecule has 352 valence electrons. The zero-order chi connectivity index (χ0) is 41.8. The first-order valence-electron chi connectivity index (χ1n) is 27.9. The van der Waals surface area contributed by atoms with Gasteiger partial charge in [-0.05, 0) is 251 Å². The maximum Gasteiger partial charge on any atom is 0 e. The molecule has 0 amide bonds. The summed E-state index contributed by atoms with van der Waals surface area (Å²) in [7, 11) is 0.00492. The molecule has 16 saturated carbocycles. The molecule has 0 aromatic heterocycles. The fourth-order valence-electron chi connectivity index (χ4n) is 21.7. The van der Waals surface area contributed by atoms with Gasteiger partial charge < -0.3 is 30.3 Å². The number of hydrogen-bond acceptors (Lipinski definition) is 0. The maximum absolute atomic E-state index is 3.01. The zero-order valence-electron chi connectivity index (χ0n) is 40.8. The molecule has 16 aliphatic carbocycles. The fraction of sp³-hybridized carbons (Fsp3) is 0.833. The molecule has 16 aliphatic rings. The maximum atomic E-state index is 3.01. The minimum absolute atomic E-state index is 0. The summed E-state index contributed by atoms with van der Waals surface area (Å²) in [5.74, 6) is 17.7. The van der Waals surface area contributed by atoms with Gasteiger partial charge in [0.2, 0.25) is 0 Å². The molecule has 16 fully saturated rings. The Labute approximate surface area is 399 Å². The first-order valence-corrected chi connectivity index (χ1v) is 31.2. The Hall–Kier alpha value is 0.0795. The summed E-state index contributed by atoms with van der Waals surface area (Å²) in [6, 6.07) is 13.0. The average Bonchev–Trinajstić information content (AvgIpc) is 3.89. The minimum Gasteiger partial charge on any atom is -0.748 e. The van der Waals surface area contributed by atoms with Gasteiger partial charge in [-0.25, -0.2) is 0 Å². The Bertz CT molecular complexity index is 1700. The van der Waals surface area contributed by atoms with Gasteiger partial charge in [0.15, 0.2) is 0 Å². The summed E-state index contributed by atoms with van der Waals surface area (Å²) in [6.45, 7) is 15.8. The van der Waals surface area contributed by atoms with Gasteiger partial charge >= 0.3 is 0 Å². The molecular formula is C60H88FeP2-6. The Kier molecular flexibility index (Phi) is 11.7. The smallest absolute Gasteiger partial charge is 0 e. The van der Waals surface area contributed by atoms with E-state index in [9.17, 15) is 0 Å². The molecule has 0 heterocycles. The van der Waals surface area contributed by atoms with Crippen molar-refractivity contribution in [2.24, 2.45) is 94.7 Å². The second-order valence-electron chi connectivity index (χ2n) is 28.4. The molecule has 0 atom stereocenters. The minimum atomic E-state index is -0.00510. The van der Waals surface area contributed by atoms with Crippen LogP contribution in [0.3, 0.4) is 0 Å². The van der Waals surface area contributed by atoms with E-state index in [2.05, 4.69) is 47.6 Å². The van der Waals surface area contributed by atoms with Gasteiger partial charge in [0, 0.05) is 17.1 Å². The van der Waals surface area contributed by atoms with Crippen LogP contribution in [-0.2, 0) is 40.2 Å². The summed E-state index contributed by atoms with van der Waals surface area (Å²) in [5, 5.41) is 0. The van der Waals surface area contributed by atoms with Crippen LogP contribution in [0.15, 0.2) is 36.4 Å². The van der Waals surface area contributed by atoms with E-state index >= 15 is 0 Å². The first-order chi connectivity index (χ1) is 29.9. The van der Waals surface area contributed by atoms with E-state index in [1.807, 2.05) is 47.0 Å². The zero-order valence-corrected chi connectivity index (χ0v) is 43.7. The van der Waals surface area contributed by atoms with E-state index in [4.69, 9.17) is 0 Å². The molecule has 0 nitrogen and oxygen atoms in total. The van der Waals surface area contributed by atoms with E-state index < -0.39 is 0 Å². The molecule has 18 rings (SSSR count). The molecule has 0 saturated heterocycles. The summed E-state index contributed by atoms with van der Waals surface area (Å²) < 4.78 is 0. The average molecular weight is 927 g/mol. The van der Waals surface area contributed by atoms with E-state index in [1.165, 1.54) is 0 Å². The third-order valence-electron chi connectivity index (χ3n) is 22.3.